The SMILES string of the molecule is CCOC(=O)C1CC(=O)OC1c1ccccc1OC. The maximum atomic E-state index is 11.9. The number of carbonyl (C=O) groups is 2. The molecule has 102 valence electrons. The van der Waals surface area contributed by atoms with E-state index in [4.69, 9.17) is 14.2 Å². The Bertz CT molecular complexity index is 482. The van der Waals surface area contributed by atoms with E-state index in [-0.39, 0.29) is 13.0 Å². The molecule has 1 aromatic carbocycles. The number of benzene rings is 1. The van der Waals surface area contributed by atoms with Crippen LogP contribution in [-0.4, -0.2) is 25.7 Å². The highest BCUT2D eigenvalue weighted by atomic mass is 16.6. The molecule has 1 saturated heterocycles. The van der Waals surface area contributed by atoms with Crippen LogP contribution in [0.4, 0.5) is 0 Å². The van der Waals surface area contributed by atoms with Gasteiger partial charge in [0.25, 0.3) is 0 Å². The van der Waals surface area contributed by atoms with Crippen LogP contribution in [-0.2, 0) is 19.1 Å². The van der Waals surface area contributed by atoms with Gasteiger partial charge in [0.15, 0.2) is 0 Å². The van der Waals surface area contributed by atoms with Crippen molar-refractivity contribution in [1.29, 1.82) is 0 Å². The smallest absolute Gasteiger partial charge is 0.313 e. The van der Waals surface area contributed by atoms with Gasteiger partial charge < -0.3 is 14.2 Å². The molecule has 1 aliphatic rings. The molecule has 5 heteroatoms. The van der Waals surface area contributed by atoms with E-state index in [1.54, 1.807) is 19.1 Å². The van der Waals surface area contributed by atoms with Gasteiger partial charge in [-0.3, -0.25) is 9.59 Å². The molecule has 0 aromatic heterocycles. The van der Waals surface area contributed by atoms with Gasteiger partial charge in [-0.15, -0.1) is 0 Å². The van der Waals surface area contributed by atoms with Crippen LogP contribution in [0, 0.1) is 5.92 Å². The van der Waals surface area contributed by atoms with Gasteiger partial charge >= 0.3 is 11.9 Å². The van der Waals surface area contributed by atoms with E-state index >= 15 is 0 Å². The molecule has 1 aromatic rings. The number of hydrogen-bond acceptors (Lipinski definition) is 5. The Morgan fingerprint density at radius 2 is 2.16 bits per heavy atom. The summed E-state index contributed by atoms with van der Waals surface area (Å²) >= 11 is 0. The topological polar surface area (TPSA) is 61.8 Å². The Hall–Kier alpha value is -2.04. The van der Waals surface area contributed by atoms with E-state index in [2.05, 4.69) is 0 Å². The average molecular weight is 264 g/mol. The quantitative estimate of drug-likeness (QED) is 0.777. The van der Waals surface area contributed by atoms with Crippen molar-refractivity contribution < 1.29 is 23.8 Å². The zero-order valence-electron chi connectivity index (χ0n) is 10.9. The third kappa shape index (κ3) is 2.70. The van der Waals surface area contributed by atoms with E-state index in [0.717, 1.165) is 0 Å². The van der Waals surface area contributed by atoms with Crippen LogP contribution in [0.5, 0.6) is 5.75 Å². The number of rotatable bonds is 4. The first kappa shape index (κ1) is 13.4. The van der Waals surface area contributed by atoms with Crippen LogP contribution in [0.1, 0.15) is 25.0 Å². The van der Waals surface area contributed by atoms with Crippen LogP contribution >= 0.6 is 0 Å². The van der Waals surface area contributed by atoms with Crippen molar-refractivity contribution in [1.82, 2.24) is 0 Å². The molecule has 1 aliphatic heterocycles. The van der Waals surface area contributed by atoms with Crippen LogP contribution in [0.25, 0.3) is 0 Å². The number of ether oxygens (including phenoxy) is 3. The van der Waals surface area contributed by atoms with Gasteiger partial charge in [-0.1, -0.05) is 18.2 Å². The summed E-state index contributed by atoms with van der Waals surface area (Å²) in [4.78, 5) is 23.4. The van der Waals surface area contributed by atoms with E-state index in [1.807, 2.05) is 12.1 Å². The van der Waals surface area contributed by atoms with E-state index in [9.17, 15) is 9.59 Å². The highest BCUT2D eigenvalue weighted by molar-refractivity contribution is 5.84. The fraction of sp³-hybridized carbons (Fsp3) is 0.429. The van der Waals surface area contributed by atoms with Gasteiger partial charge in [-0.05, 0) is 13.0 Å². The van der Waals surface area contributed by atoms with Crippen LogP contribution in [0.3, 0.4) is 0 Å². The lowest BCUT2D eigenvalue weighted by atomic mass is 9.94. The number of carbonyl (C=O) groups excluding carboxylic acids is 2. The molecule has 0 N–H and O–H groups in total. The maximum Gasteiger partial charge on any atom is 0.313 e. The normalized spacial score (nSPS) is 21.9. The highest BCUT2D eigenvalue weighted by Crippen LogP contribution is 2.40. The molecule has 0 radical (unpaired) electrons. The Kier molecular flexibility index (Phi) is 4.04. The second-order valence-corrected chi connectivity index (χ2v) is 4.22. The molecule has 2 unspecified atom stereocenters. The largest absolute Gasteiger partial charge is 0.496 e. The minimum atomic E-state index is -0.636. The van der Waals surface area contributed by atoms with Crippen molar-refractivity contribution in [3.63, 3.8) is 0 Å². The summed E-state index contributed by atoms with van der Waals surface area (Å²) in [6.45, 7) is 2.01. The summed E-state index contributed by atoms with van der Waals surface area (Å²) in [5.41, 5.74) is 0.689. The minimum absolute atomic E-state index is 0.0432. The van der Waals surface area contributed by atoms with Gasteiger partial charge in [-0.2, -0.15) is 0 Å². The number of methoxy groups -OCH3 is 1. The molecule has 1 heterocycles. The summed E-state index contributed by atoms with van der Waals surface area (Å²) in [6.07, 6.45) is -0.593. The third-order valence-electron chi connectivity index (χ3n) is 3.05. The second-order valence-electron chi connectivity index (χ2n) is 4.22. The molecule has 0 bridgehead atoms. The predicted molar refractivity (Wildman–Crippen MR) is 66.6 cm³/mol. The van der Waals surface area contributed by atoms with Crippen LogP contribution < -0.4 is 4.74 Å². The highest BCUT2D eigenvalue weighted by Gasteiger charge is 2.42. The first-order valence-corrected chi connectivity index (χ1v) is 6.16. The lowest BCUT2D eigenvalue weighted by Crippen LogP contribution is -2.21. The number of esters is 2. The lowest BCUT2D eigenvalue weighted by Gasteiger charge is -2.18. The minimum Gasteiger partial charge on any atom is -0.496 e. The van der Waals surface area contributed by atoms with E-state index in [0.29, 0.717) is 11.3 Å². The predicted octanol–water partition coefficient (Wildman–Crippen LogP) is 1.86. The molecular weight excluding hydrogens is 248 g/mol. The molecule has 1 fully saturated rings. The molecule has 2 rings (SSSR count). The Morgan fingerprint density at radius 3 is 2.84 bits per heavy atom. The molecule has 5 nitrogen and oxygen atoms in total. The van der Waals surface area contributed by atoms with Crippen molar-refractivity contribution in [2.75, 3.05) is 13.7 Å². The van der Waals surface area contributed by atoms with Gasteiger partial charge in [0.05, 0.1) is 20.1 Å². The van der Waals surface area contributed by atoms with Gasteiger partial charge in [0.1, 0.15) is 17.8 Å². The summed E-state index contributed by atoms with van der Waals surface area (Å²) in [5, 5.41) is 0. The Morgan fingerprint density at radius 1 is 1.42 bits per heavy atom. The number of para-hydroxylation sites is 1. The first-order valence-electron chi connectivity index (χ1n) is 6.16. The van der Waals surface area contributed by atoms with Crippen molar-refractivity contribution in [2.45, 2.75) is 19.4 Å². The fourth-order valence-electron chi connectivity index (χ4n) is 2.20. The Labute approximate surface area is 111 Å². The average Bonchev–Trinajstić information content (AvgIpc) is 2.81. The summed E-state index contributed by atoms with van der Waals surface area (Å²) in [5.74, 6) is -0.821. The molecule has 0 saturated carbocycles. The lowest BCUT2D eigenvalue weighted by molar-refractivity contribution is -0.150. The number of cyclic esters (lactones) is 1. The van der Waals surface area contributed by atoms with Gasteiger partial charge in [-0.25, -0.2) is 0 Å². The molecule has 0 aliphatic carbocycles. The van der Waals surface area contributed by atoms with Crippen molar-refractivity contribution in [3.05, 3.63) is 29.8 Å². The summed E-state index contributed by atoms with van der Waals surface area (Å²) in [7, 11) is 1.54. The van der Waals surface area contributed by atoms with Crippen molar-refractivity contribution in [3.8, 4) is 5.75 Å². The molecule has 2 atom stereocenters. The van der Waals surface area contributed by atoms with Crippen molar-refractivity contribution in [2.24, 2.45) is 5.92 Å². The van der Waals surface area contributed by atoms with E-state index < -0.39 is 24.0 Å². The molecule has 0 spiro atoms. The van der Waals surface area contributed by atoms with Crippen LogP contribution in [0.15, 0.2) is 24.3 Å². The molecular formula is C14H16O5. The van der Waals surface area contributed by atoms with Gasteiger partial charge in [0.2, 0.25) is 0 Å². The summed E-state index contributed by atoms with van der Waals surface area (Å²) in [6, 6.07) is 7.18. The zero-order chi connectivity index (χ0) is 13.8. The van der Waals surface area contributed by atoms with Gasteiger partial charge in [0, 0.05) is 5.56 Å². The standard InChI is InChI=1S/C14H16O5/c1-3-18-14(16)10-8-12(15)19-13(10)9-6-4-5-7-11(9)17-2/h4-7,10,13H,3,8H2,1-2H3. The first-order chi connectivity index (χ1) is 9.17. The zero-order valence-corrected chi connectivity index (χ0v) is 10.9. The monoisotopic (exact) mass is 264 g/mol. The van der Waals surface area contributed by atoms with E-state index in [1.165, 1.54) is 7.11 Å². The third-order valence-corrected chi connectivity index (χ3v) is 3.05. The van der Waals surface area contributed by atoms with Crippen molar-refractivity contribution >= 4 is 11.9 Å². The fourth-order valence-corrected chi connectivity index (χ4v) is 2.20. The Balaban J connectivity index is 2.30. The second kappa shape index (κ2) is 5.73. The maximum absolute atomic E-state index is 11.9. The van der Waals surface area contributed by atoms with Crippen LogP contribution in [0.2, 0.25) is 0 Å². The molecule has 19 heavy (non-hydrogen) atoms. The summed E-state index contributed by atoms with van der Waals surface area (Å²) < 4.78 is 15.5. The number of hydrogen-bond donors (Lipinski definition) is 0. The molecule has 0 amide bonds.